The highest BCUT2D eigenvalue weighted by molar-refractivity contribution is 6.04. The van der Waals surface area contributed by atoms with E-state index in [0.29, 0.717) is 17.8 Å². The maximum Gasteiger partial charge on any atom is 0.255 e. The molecule has 0 saturated heterocycles. The summed E-state index contributed by atoms with van der Waals surface area (Å²) in [5.74, 6) is 0.524. The van der Waals surface area contributed by atoms with E-state index in [1.807, 2.05) is 80.1 Å². The number of halogens is 1. The number of nitrogens with one attached hydrogen (secondary N) is 1. The zero-order chi connectivity index (χ0) is 25.1. The fraction of sp³-hybridized carbons (Fsp3) is 0.138. The number of aryl methyl sites for hydroxylation is 3. The Labute approximate surface area is 227 Å². The molecule has 9 heteroatoms. The van der Waals surface area contributed by atoms with E-state index in [4.69, 9.17) is 4.98 Å². The fourth-order valence-corrected chi connectivity index (χ4v) is 4.08. The average Bonchev–Trinajstić information content (AvgIpc) is 3.32. The van der Waals surface area contributed by atoms with Crippen LogP contribution in [0.3, 0.4) is 0 Å². The fourth-order valence-electron chi connectivity index (χ4n) is 4.08. The molecule has 0 saturated carbocycles. The number of anilines is 1. The van der Waals surface area contributed by atoms with Gasteiger partial charge in [-0.2, -0.15) is 0 Å². The number of hydrogen-bond donors (Lipinski definition) is 1. The molecule has 0 aliphatic rings. The summed E-state index contributed by atoms with van der Waals surface area (Å²) in [5.41, 5.74) is 8.09. The Bertz CT molecular complexity index is 1550. The van der Waals surface area contributed by atoms with Crippen LogP contribution in [0.5, 0.6) is 0 Å². The SMILES string of the molecule is Cc1cc(NC(=O)c2ccc(C)c(Cc3nccc(-c4cccnc4)n3)c2)cc(-n2cnc(C)c2)c1.Cl.O. The van der Waals surface area contributed by atoms with Crippen LogP contribution in [0, 0.1) is 20.8 Å². The van der Waals surface area contributed by atoms with E-state index >= 15 is 0 Å². The Kier molecular flexibility index (Phi) is 9.07. The van der Waals surface area contributed by atoms with E-state index in [-0.39, 0.29) is 23.8 Å². The number of amides is 1. The van der Waals surface area contributed by atoms with Crippen molar-refractivity contribution in [3.63, 3.8) is 0 Å². The molecule has 0 aliphatic carbocycles. The van der Waals surface area contributed by atoms with Gasteiger partial charge in [-0.15, -0.1) is 12.4 Å². The van der Waals surface area contributed by atoms with E-state index < -0.39 is 0 Å². The first kappa shape index (κ1) is 28.2. The zero-order valence-corrected chi connectivity index (χ0v) is 22.2. The Hall–Kier alpha value is -4.40. The van der Waals surface area contributed by atoms with E-state index in [0.717, 1.165) is 45.0 Å². The molecule has 3 aromatic heterocycles. The summed E-state index contributed by atoms with van der Waals surface area (Å²) >= 11 is 0. The molecule has 3 N–H and O–H groups in total. The van der Waals surface area contributed by atoms with E-state index in [2.05, 4.69) is 26.3 Å². The molecule has 38 heavy (non-hydrogen) atoms. The van der Waals surface area contributed by atoms with Gasteiger partial charge < -0.3 is 15.4 Å². The van der Waals surface area contributed by atoms with Crippen molar-refractivity contribution >= 4 is 24.0 Å². The first-order valence-corrected chi connectivity index (χ1v) is 11.7. The van der Waals surface area contributed by atoms with Gasteiger partial charge >= 0.3 is 0 Å². The third kappa shape index (κ3) is 6.47. The van der Waals surface area contributed by atoms with Crippen LogP contribution in [0.25, 0.3) is 16.9 Å². The lowest BCUT2D eigenvalue weighted by atomic mass is 10.0. The molecule has 3 heterocycles. The number of rotatable bonds is 6. The van der Waals surface area contributed by atoms with Gasteiger partial charge in [0.25, 0.3) is 5.91 Å². The normalized spacial score (nSPS) is 10.3. The summed E-state index contributed by atoms with van der Waals surface area (Å²) in [5, 5.41) is 3.05. The second-order valence-electron chi connectivity index (χ2n) is 8.85. The van der Waals surface area contributed by atoms with Gasteiger partial charge in [-0.05, 0) is 86.0 Å². The van der Waals surface area contributed by atoms with Crippen LogP contribution in [0.4, 0.5) is 5.69 Å². The van der Waals surface area contributed by atoms with Gasteiger partial charge in [0.2, 0.25) is 0 Å². The molecule has 0 fully saturated rings. The van der Waals surface area contributed by atoms with Gasteiger partial charge in [0, 0.05) is 53.7 Å². The maximum absolute atomic E-state index is 13.2. The Morgan fingerprint density at radius 1 is 0.974 bits per heavy atom. The summed E-state index contributed by atoms with van der Waals surface area (Å²) < 4.78 is 1.95. The molecule has 2 aromatic carbocycles. The Balaban J connectivity index is 0.00000200. The first-order valence-electron chi connectivity index (χ1n) is 11.7. The molecule has 0 spiro atoms. The summed E-state index contributed by atoms with van der Waals surface area (Å²) in [4.78, 5) is 30.8. The first-order chi connectivity index (χ1) is 17.4. The lowest BCUT2D eigenvalue weighted by Gasteiger charge is -2.12. The molecule has 8 nitrogen and oxygen atoms in total. The number of aromatic nitrogens is 5. The van der Waals surface area contributed by atoms with Crippen molar-refractivity contribution in [1.29, 1.82) is 0 Å². The van der Waals surface area contributed by atoms with Gasteiger partial charge in [0.15, 0.2) is 0 Å². The van der Waals surface area contributed by atoms with Crippen molar-refractivity contribution in [2.75, 3.05) is 5.32 Å². The van der Waals surface area contributed by atoms with Gasteiger partial charge in [-0.25, -0.2) is 15.0 Å². The third-order valence-corrected chi connectivity index (χ3v) is 5.95. The molecular formula is C29H29ClN6O2. The lowest BCUT2D eigenvalue weighted by Crippen LogP contribution is -2.13. The number of pyridine rings is 1. The van der Waals surface area contributed by atoms with Crippen molar-refractivity contribution < 1.29 is 10.3 Å². The highest BCUT2D eigenvalue weighted by Gasteiger charge is 2.12. The van der Waals surface area contributed by atoms with Gasteiger partial charge in [-0.1, -0.05) is 6.07 Å². The van der Waals surface area contributed by atoms with E-state index in [9.17, 15) is 4.79 Å². The highest BCUT2D eigenvalue weighted by atomic mass is 35.5. The Morgan fingerprint density at radius 2 is 1.82 bits per heavy atom. The van der Waals surface area contributed by atoms with Gasteiger partial charge in [-0.3, -0.25) is 9.78 Å². The monoisotopic (exact) mass is 528 g/mol. The number of carbonyl (C=O) groups is 1. The summed E-state index contributed by atoms with van der Waals surface area (Å²) in [6.07, 6.45) is 9.53. The van der Waals surface area contributed by atoms with Crippen LogP contribution in [0.1, 0.15) is 38.6 Å². The van der Waals surface area contributed by atoms with Crippen molar-refractivity contribution in [1.82, 2.24) is 24.5 Å². The second-order valence-corrected chi connectivity index (χ2v) is 8.85. The quantitative estimate of drug-likeness (QED) is 0.329. The smallest absolute Gasteiger partial charge is 0.255 e. The lowest BCUT2D eigenvalue weighted by molar-refractivity contribution is 0.102. The van der Waals surface area contributed by atoms with Crippen LogP contribution >= 0.6 is 12.4 Å². The molecule has 194 valence electrons. The molecule has 0 aliphatic heterocycles. The van der Waals surface area contributed by atoms with Crippen LogP contribution < -0.4 is 5.32 Å². The number of nitrogens with zero attached hydrogens (tertiary/aromatic N) is 5. The zero-order valence-electron chi connectivity index (χ0n) is 21.3. The molecule has 0 atom stereocenters. The van der Waals surface area contributed by atoms with Crippen molar-refractivity contribution in [3.8, 4) is 16.9 Å². The van der Waals surface area contributed by atoms with Crippen LogP contribution in [-0.4, -0.2) is 35.9 Å². The Morgan fingerprint density at radius 3 is 2.55 bits per heavy atom. The van der Waals surface area contributed by atoms with Crippen LogP contribution in [0.15, 0.2) is 85.7 Å². The standard InChI is InChI=1S/C29H26N6O.ClH.H2O/c1-19-11-25(15-26(12-19)35-17-21(3)32-18-35)33-29(36)22-7-6-20(2)24(13-22)14-28-31-10-8-27(34-28)23-5-4-9-30-16-23;;/h4-13,15-18H,14H2,1-3H3,(H,33,36);1H;1H2. The summed E-state index contributed by atoms with van der Waals surface area (Å²) in [6, 6.07) is 17.4. The number of hydrogen-bond acceptors (Lipinski definition) is 5. The molecule has 5 aromatic rings. The number of carbonyl (C=O) groups excluding carboxylic acids is 1. The minimum absolute atomic E-state index is 0. The summed E-state index contributed by atoms with van der Waals surface area (Å²) in [7, 11) is 0. The van der Waals surface area contributed by atoms with E-state index in [1.165, 1.54) is 0 Å². The minimum Gasteiger partial charge on any atom is -0.412 e. The molecule has 0 unspecified atom stereocenters. The molecular weight excluding hydrogens is 500 g/mol. The van der Waals surface area contributed by atoms with Gasteiger partial charge in [0.1, 0.15) is 5.82 Å². The second kappa shape index (κ2) is 12.2. The molecule has 5 rings (SSSR count). The summed E-state index contributed by atoms with van der Waals surface area (Å²) in [6.45, 7) is 5.98. The average molecular weight is 529 g/mol. The van der Waals surface area contributed by atoms with Crippen molar-refractivity contribution in [2.45, 2.75) is 27.2 Å². The molecule has 0 bridgehead atoms. The predicted molar refractivity (Wildman–Crippen MR) is 151 cm³/mol. The topological polar surface area (TPSA) is 117 Å². The van der Waals surface area contributed by atoms with Crippen LogP contribution in [-0.2, 0) is 6.42 Å². The van der Waals surface area contributed by atoms with Crippen molar-refractivity contribution in [2.24, 2.45) is 0 Å². The maximum atomic E-state index is 13.2. The van der Waals surface area contributed by atoms with Crippen molar-refractivity contribution in [3.05, 3.63) is 119 Å². The van der Waals surface area contributed by atoms with Crippen LogP contribution in [0.2, 0.25) is 0 Å². The number of imidazole rings is 1. The van der Waals surface area contributed by atoms with Gasteiger partial charge in [0.05, 0.1) is 17.7 Å². The molecule has 1 amide bonds. The minimum atomic E-state index is -0.167. The predicted octanol–water partition coefficient (Wildman–Crippen LogP) is 5.09. The third-order valence-electron chi connectivity index (χ3n) is 5.95. The number of benzene rings is 2. The molecule has 0 radical (unpaired) electrons. The largest absolute Gasteiger partial charge is 0.412 e. The van der Waals surface area contributed by atoms with E-state index in [1.54, 1.807) is 24.9 Å². The highest BCUT2D eigenvalue weighted by Crippen LogP contribution is 2.21.